The molecule has 26 heavy (non-hydrogen) atoms. The summed E-state index contributed by atoms with van der Waals surface area (Å²) in [7, 11) is 9.74. The van der Waals surface area contributed by atoms with E-state index in [4.69, 9.17) is 0 Å². The predicted octanol–water partition coefficient (Wildman–Crippen LogP) is 6.54. The van der Waals surface area contributed by atoms with Gasteiger partial charge in [0, 0.05) is 0 Å². The maximum atomic E-state index is 2.50. The van der Waals surface area contributed by atoms with Crippen molar-refractivity contribution in [2.45, 2.75) is 106 Å². The molecule has 2 heterocycles. The van der Waals surface area contributed by atoms with Crippen molar-refractivity contribution in [2.75, 3.05) is 0 Å². The van der Waals surface area contributed by atoms with E-state index in [0.29, 0.717) is 44.7 Å². The highest BCUT2D eigenvalue weighted by atomic mass is 14.3. The molecule has 0 spiro atoms. The Kier molecular flexibility index (Phi) is 7.55. The molecule has 0 nitrogen and oxygen atoms in total. The lowest BCUT2D eigenvalue weighted by atomic mass is 9.33. The molecular weight excluding hydrogens is 307 g/mol. The van der Waals surface area contributed by atoms with E-state index in [1.807, 2.05) is 0 Å². The molecule has 142 valence electrons. The molecule has 0 aromatic carbocycles. The largest absolute Gasteiger partial charge is 0.129 e. The Bertz CT molecular complexity index is 426. The SMILES string of the molecule is CC(C)(C)C1[B]C(C(C)(C)C)C=C1.CC(C)(C)C1[B][B]C(C(C)(C)C)[B]1. The molecule has 0 aromatic heterocycles. The monoisotopic (exact) mass is 350 g/mol. The summed E-state index contributed by atoms with van der Waals surface area (Å²) in [5, 5.41) is 0. The fourth-order valence-electron chi connectivity index (χ4n) is 3.49. The third kappa shape index (κ3) is 7.20. The third-order valence-electron chi connectivity index (χ3n) is 5.88. The molecule has 0 amide bonds. The Morgan fingerprint density at radius 1 is 0.462 bits per heavy atom. The second-order valence-electron chi connectivity index (χ2n) is 12.7. The van der Waals surface area contributed by atoms with Crippen molar-refractivity contribution in [3.63, 3.8) is 0 Å². The van der Waals surface area contributed by atoms with Gasteiger partial charge in [0.05, 0.1) is 21.6 Å². The van der Waals surface area contributed by atoms with Crippen molar-refractivity contribution < 1.29 is 0 Å². The van der Waals surface area contributed by atoms with Gasteiger partial charge in [0.25, 0.3) is 0 Å². The number of rotatable bonds is 0. The van der Waals surface area contributed by atoms with Crippen LogP contribution in [0, 0.1) is 21.7 Å². The van der Waals surface area contributed by atoms with Gasteiger partial charge in [-0.2, -0.15) is 0 Å². The molecule has 2 rings (SSSR count). The first-order valence-corrected chi connectivity index (χ1v) is 10.5. The highest BCUT2D eigenvalue weighted by molar-refractivity contribution is 7.12. The van der Waals surface area contributed by atoms with Gasteiger partial charge in [-0.15, -0.1) is 0 Å². The zero-order chi connectivity index (χ0) is 20.6. The molecule has 0 aliphatic carbocycles. The van der Waals surface area contributed by atoms with Crippen LogP contribution in [-0.2, 0) is 0 Å². The van der Waals surface area contributed by atoms with E-state index < -0.39 is 0 Å². The maximum absolute atomic E-state index is 2.50. The minimum Gasteiger partial charge on any atom is -0.0979 e. The van der Waals surface area contributed by atoms with Crippen LogP contribution in [0.25, 0.3) is 0 Å². The number of hydrogen-bond donors (Lipinski definition) is 0. The smallest absolute Gasteiger partial charge is 0.0979 e. The van der Waals surface area contributed by atoms with Crippen LogP contribution >= 0.6 is 0 Å². The molecule has 4 unspecified atom stereocenters. The lowest BCUT2D eigenvalue weighted by Gasteiger charge is -2.31. The molecule has 4 radical (unpaired) electrons. The van der Waals surface area contributed by atoms with E-state index in [9.17, 15) is 0 Å². The molecule has 0 saturated carbocycles. The van der Waals surface area contributed by atoms with E-state index >= 15 is 0 Å². The second-order valence-corrected chi connectivity index (χ2v) is 12.7. The van der Waals surface area contributed by atoms with Gasteiger partial charge in [0.1, 0.15) is 7.28 Å². The Balaban J connectivity index is 0.000000260. The zero-order valence-corrected chi connectivity index (χ0v) is 19.8. The second kappa shape index (κ2) is 8.16. The molecule has 0 aromatic rings. The van der Waals surface area contributed by atoms with Crippen molar-refractivity contribution in [1.82, 2.24) is 0 Å². The summed E-state index contributed by atoms with van der Waals surface area (Å²) in [6.45, 7) is 27.7. The molecule has 2 aliphatic rings. The van der Waals surface area contributed by atoms with E-state index in [1.54, 1.807) is 0 Å². The minimum absolute atomic E-state index is 0.385. The highest BCUT2D eigenvalue weighted by Crippen LogP contribution is 2.45. The fraction of sp³-hybridized carbons (Fsp3) is 0.909. The van der Waals surface area contributed by atoms with Crippen molar-refractivity contribution in [3.8, 4) is 0 Å². The van der Waals surface area contributed by atoms with Crippen molar-refractivity contribution >= 4 is 28.9 Å². The summed E-state index contributed by atoms with van der Waals surface area (Å²) in [5.41, 5.74) is 2.84. The van der Waals surface area contributed by atoms with Crippen LogP contribution in [0.2, 0.25) is 23.1 Å². The number of allylic oxidation sites excluding steroid dienone is 2. The Hall–Kier alpha value is -0.000260. The predicted molar refractivity (Wildman–Crippen MR) is 125 cm³/mol. The van der Waals surface area contributed by atoms with Gasteiger partial charge >= 0.3 is 0 Å². The van der Waals surface area contributed by atoms with Crippen LogP contribution in [0.4, 0.5) is 0 Å². The third-order valence-corrected chi connectivity index (χ3v) is 5.88. The Morgan fingerprint density at radius 2 is 0.769 bits per heavy atom. The van der Waals surface area contributed by atoms with E-state index in [0.717, 1.165) is 0 Å². The molecule has 1 fully saturated rings. The average Bonchev–Trinajstić information content (AvgIpc) is 3.06. The van der Waals surface area contributed by atoms with Crippen molar-refractivity contribution in [3.05, 3.63) is 12.2 Å². The van der Waals surface area contributed by atoms with Crippen LogP contribution in [0.15, 0.2) is 12.2 Å². The normalized spacial score (nSPS) is 29.1. The Labute approximate surface area is 169 Å². The topological polar surface area (TPSA) is 0 Å². The summed E-state index contributed by atoms with van der Waals surface area (Å²) >= 11 is 0. The summed E-state index contributed by atoms with van der Waals surface area (Å²) in [6.07, 6.45) is 4.74. The van der Waals surface area contributed by atoms with Crippen LogP contribution < -0.4 is 0 Å². The molecule has 0 bridgehead atoms. The first kappa shape index (κ1) is 24.0. The van der Waals surface area contributed by atoms with Crippen LogP contribution in [0.5, 0.6) is 0 Å². The average molecular weight is 350 g/mol. The van der Waals surface area contributed by atoms with E-state index in [1.165, 1.54) is 0 Å². The fourth-order valence-corrected chi connectivity index (χ4v) is 3.49. The highest BCUT2D eigenvalue weighted by Gasteiger charge is 2.39. The number of hydrogen-bond acceptors (Lipinski definition) is 0. The summed E-state index contributed by atoms with van der Waals surface area (Å²) in [4.78, 5) is 0. The van der Waals surface area contributed by atoms with Crippen LogP contribution in [-0.4, -0.2) is 28.9 Å². The van der Waals surface area contributed by atoms with Gasteiger partial charge < -0.3 is 0 Å². The molecule has 1 saturated heterocycles. The first-order valence-electron chi connectivity index (χ1n) is 10.5. The summed E-state index contributed by atoms with van der Waals surface area (Å²) < 4.78 is 0. The van der Waals surface area contributed by atoms with Gasteiger partial charge in [-0.3, -0.25) is 0 Å². The molecule has 2 aliphatic heterocycles. The lowest BCUT2D eigenvalue weighted by Crippen LogP contribution is -2.24. The molecule has 4 heteroatoms. The van der Waals surface area contributed by atoms with Crippen LogP contribution in [0.3, 0.4) is 0 Å². The van der Waals surface area contributed by atoms with Crippen LogP contribution in [0.1, 0.15) is 83.1 Å². The summed E-state index contributed by atoms with van der Waals surface area (Å²) in [5.74, 6) is 1.30. The van der Waals surface area contributed by atoms with Gasteiger partial charge in [-0.25, -0.2) is 0 Å². The molecule has 0 N–H and O–H groups in total. The minimum atomic E-state index is 0.385. The molecule has 4 atom stereocenters. The Morgan fingerprint density at radius 3 is 0.923 bits per heavy atom. The molecular formula is C22H42B4. The summed E-state index contributed by atoms with van der Waals surface area (Å²) in [6, 6.07) is 0. The maximum Gasteiger partial charge on any atom is 0.129 e. The van der Waals surface area contributed by atoms with Gasteiger partial charge in [0.15, 0.2) is 0 Å². The standard InChI is InChI=1S/C12H22B.C10H20B3/c1-11(2,3)9-7-8-10(13-9)12(4,5)6;1-9(2,3)7-11-8(13-12-7)10(4,5)6/h7-10H,1-6H3;7-8H,1-6H3. The zero-order valence-electron chi connectivity index (χ0n) is 19.8. The van der Waals surface area contributed by atoms with Gasteiger partial charge in [0.2, 0.25) is 0 Å². The van der Waals surface area contributed by atoms with E-state index in [2.05, 4.69) is 124 Å². The van der Waals surface area contributed by atoms with Crippen molar-refractivity contribution in [1.29, 1.82) is 0 Å². The lowest BCUT2D eigenvalue weighted by molar-refractivity contribution is 0.403. The quantitative estimate of drug-likeness (QED) is 0.344. The van der Waals surface area contributed by atoms with Crippen molar-refractivity contribution in [2.24, 2.45) is 21.7 Å². The van der Waals surface area contributed by atoms with Gasteiger partial charge in [-0.05, 0) is 33.3 Å². The van der Waals surface area contributed by atoms with Gasteiger partial charge in [-0.1, -0.05) is 107 Å². The van der Waals surface area contributed by atoms with E-state index in [-0.39, 0.29) is 0 Å². The first-order chi connectivity index (χ1) is 11.4.